The van der Waals surface area contributed by atoms with Crippen molar-refractivity contribution in [3.8, 4) is 12.3 Å². The fourth-order valence-electron chi connectivity index (χ4n) is 1.86. The Morgan fingerprint density at radius 1 is 1.55 bits per heavy atom. The van der Waals surface area contributed by atoms with Gasteiger partial charge in [0, 0.05) is 25.6 Å². The Kier molecular flexibility index (Phi) is 6.30. The number of amides is 1. The molecule has 6 heteroatoms. The number of unbranched alkanes of at least 4 members (excludes halogenated alkanes) is 2. The molecule has 1 rings (SSSR count). The van der Waals surface area contributed by atoms with Gasteiger partial charge in [0.15, 0.2) is 0 Å². The lowest BCUT2D eigenvalue weighted by Gasteiger charge is -2.07. The van der Waals surface area contributed by atoms with Gasteiger partial charge in [-0.3, -0.25) is 14.9 Å². The van der Waals surface area contributed by atoms with Crippen molar-refractivity contribution in [2.24, 2.45) is 0 Å². The lowest BCUT2D eigenvalue weighted by Crippen LogP contribution is -2.26. The summed E-state index contributed by atoms with van der Waals surface area (Å²) in [5.74, 6) is 2.25. The molecule has 6 nitrogen and oxygen atoms in total. The first-order chi connectivity index (χ1) is 9.60. The minimum Gasteiger partial charge on any atom is -0.351 e. The van der Waals surface area contributed by atoms with E-state index in [2.05, 4.69) is 11.2 Å². The molecule has 0 aliphatic heterocycles. The van der Waals surface area contributed by atoms with Crippen LogP contribution in [0.25, 0.3) is 0 Å². The van der Waals surface area contributed by atoms with Gasteiger partial charge in [0.1, 0.15) is 5.69 Å². The van der Waals surface area contributed by atoms with E-state index in [-0.39, 0.29) is 11.6 Å². The number of carbonyl (C=O) groups excluding carboxylic acids is 1. The molecule has 1 aromatic rings. The van der Waals surface area contributed by atoms with Crippen LogP contribution in [0.5, 0.6) is 0 Å². The highest BCUT2D eigenvalue weighted by Gasteiger charge is 2.18. The summed E-state index contributed by atoms with van der Waals surface area (Å²) in [6.45, 7) is 3.05. The van der Waals surface area contributed by atoms with Crippen LogP contribution >= 0.6 is 0 Å². The average Bonchev–Trinajstić information content (AvgIpc) is 2.83. The SMILES string of the molecule is C#CCCCCNC(=O)c1cc([N+](=O)[O-])cn1CCC. The van der Waals surface area contributed by atoms with Crippen LogP contribution in [0.3, 0.4) is 0 Å². The maximum Gasteiger partial charge on any atom is 0.287 e. The molecule has 1 heterocycles. The molecule has 0 radical (unpaired) electrons. The van der Waals surface area contributed by atoms with Crippen molar-refractivity contribution in [1.29, 1.82) is 0 Å². The maximum absolute atomic E-state index is 12.0. The highest BCUT2D eigenvalue weighted by Crippen LogP contribution is 2.17. The monoisotopic (exact) mass is 277 g/mol. The van der Waals surface area contributed by atoms with Gasteiger partial charge < -0.3 is 9.88 Å². The van der Waals surface area contributed by atoms with E-state index in [9.17, 15) is 14.9 Å². The van der Waals surface area contributed by atoms with Gasteiger partial charge in [-0.2, -0.15) is 0 Å². The van der Waals surface area contributed by atoms with Gasteiger partial charge in [0.2, 0.25) is 0 Å². The van der Waals surface area contributed by atoms with Crippen LogP contribution in [0.4, 0.5) is 5.69 Å². The predicted molar refractivity (Wildman–Crippen MR) is 76.4 cm³/mol. The number of aromatic nitrogens is 1. The molecule has 0 unspecified atom stereocenters. The van der Waals surface area contributed by atoms with Gasteiger partial charge in [0.25, 0.3) is 11.6 Å². The van der Waals surface area contributed by atoms with Crippen molar-refractivity contribution in [2.75, 3.05) is 6.54 Å². The number of nitrogens with zero attached hydrogens (tertiary/aromatic N) is 2. The van der Waals surface area contributed by atoms with Crippen molar-refractivity contribution in [3.05, 3.63) is 28.1 Å². The van der Waals surface area contributed by atoms with Crippen molar-refractivity contribution < 1.29 is 9.72 Å². The van der Waals surface area contributed by atoms with E-state index in [1.165, 1.54) is 12.3 Å². The van der Waals surface area contributed by atoms with E-state index < -0.39 is 4.92 Å². The third kappa shape index (κ3) is 4.43. The second kappa shape index (κ2) is 8.00. The maximum atomic E-state index is 12.0. The van der Waals surface area contributed by atoms with Crippen LogP contribution in [0, 0.1) is 22.5 Å². The van der Waals surface area contributed by atoms with Crippen LogP contribution in [0.15, 0.2) is 12.3 Å². The zero-order valence-corrected chi connectivity index (χ0v) is 11.6. The molecular weight excluding hydrogens is 258 g/mol. The molecule has 1 amide bonds. The number of carbonyl (C=O) groups is 1. The van der Waals surface area contributed by atoms with Gasteiger partial charge >= 0.3 is 0 Å². The van der Waals surface area contributed by atoms with Crippen LogP contribution in [-0.4, -0.2) is 21.9 Å². The Hall–Kier alpha value is -2.29. The smallest absolute Gasteiger partial charge is 0.287 e. The van der Waals surface area contributed by atoms with E-state index in [0.29, 0.717) is 25.2 Å². The molecule has 0 bridgehead atoms. The molecule has 0 atom stereocenters. The Labute approximate surface area is 118 Å². The Morgan fingerprint density at radius 2 is 2.30 bits per heavy atom. The molecule has 0 aliphatic carbocycles. The second-order valence-corrected chi connectivity index (χ2v) is 4.45. The van der Waals surface area contributed by atoms with E-state index in [0.717, 1.165) is 19.3 Å². The normalized spacial score (nSPS) is 10.0. The summed E-state index contributed by atoms with van der Waals surface area (Å²) in [7, 11) is 0. The van der Waals surface area contributed by atoms with E-state index in [1.807, 2.05) is 6.92 Å². The molecule has 20 heavy (non-hydrogen) atoms. The number of hydrogen-bond acceptors (Lipinski definition) is 3. The molecular formula is C14H19N3O3. The van der Waals surface area contributed by atoms with Gasteiger partial charge in [-0.25, -0.2) is 0 Å². The zero-order valence-electron chi connectivity index (χ0n) is 11.6. The van der Waals surface area contributed by atoms with E-state index in [4.69, 9.17) is 6.42 Å². The molecule has 108 valence electrons. The fourth-order valence-corrected chi connectivity index (χ4v) is 1.86. The summed E-state index contributed by atoms with van der Waals surface area (Å²) in [5, 5.41) is 13.5. The van der Waals surface area contributed by atoms with Gasteiger partial charge in [-0.1, -0.05) is 6.92 Å². The van der Waals surface area contributed by atoms with Crippen LogP contribution in [0.1, 0.15) is 43.1 Å². The van der Waals surface area contributed by atoms with Crippen LogP contribution in [0.2, 0.25) is 0 Å². The summed E-state index contributed by atoms with van der Waals surface area (Å²) >= 11 is 0. The summed E-state index contributed by atoms with van der Waals surface area (Å²) < 4.78 is 1.62. The Balaban J connectivity index is 2.66. The molecule has 0 aromatic carbocycles. The van der Waals surface area contributed by atoms with Crippen LogP contribution < -0.4 is 5.32 Å². The lowest BCUT2D eigenvalue weighted by atomic mass is 10.2. The molecule has 1 aromatic heterocycles. The van der Waals surface area contributed by atoms with Gasteiger partial charge in [-0.05, 0) is 19.3 Å². The van der Waals surface area contributed by atoms with Crippen molar-refractivity contribution in [2.45, 2.75) is 39.2 Å². The third-order valence-electron chi connectivity index (χ3n) is 2.82. The fraction of sp³-hybridized carbons (Fsp3) is 0.500. The molecule has 0 saturated carbocycles. The second-order valence-electron chi connectivity index (χ2n) is 4.45. The van der Waals surface area contributed by atoms with Crippen LogP contribution in [-0.2, 0) is 6.54 Å². The van der Waals surface area contributed by atoms with Crippen molar-refractivity contribution >= 4 is 11.6 Å². The first kappa shape index (κ1) is 15.8. The summed E-state index contributed by atoms with van der Waals surface area (Å²) in [6.07, 6.45) is 9.68. The first-order valence-corrected chi connectivity index (χ1v) is 6.66. The quantitative estimate of drug-likeness (QED) is 0.343. The number of nitro groups is 1. The first-order valence-electron chi connectivity index (χ1n) is 6.66. The number of hydrogen-bond donors (Lipinski definition) is 1. The number of aryl methyl sites for hydroxylation is 1. The molecule has 0 aliphatic rings. The zero-order chi connectivity index (χ0) is 15.0. The standard InChI is InChI=1S/C14H19N3O3/c1-3-5-6-7-8-15-14(18)13-10-12(17(19)20)11-16(13)9-4-2/h1,10-11H,4-9H2,2H3,(H,15,18). The summed E-state index contributed by atoms with van der Waals surface area (Å²) in [5.41, 5.74) is 0.270. The number of terminal acetylenes is 1. The van der Waals surface area contributed by atoms with Crippen molar-refractivity contribution in [1.82, 2.24) is 9.88 Å². The molecule has 0 spiro atoms. The number of nitrogens with one attached hydrogen (secondary N) is 1. The summed E-state index contributed by atoms with van der Waals surface area (Å²) in [6, 6.07) is 1.31. The predicted octanol–water partition coefficient (Wildman–Crippen LogP) is 2.34. The molecule has 0 saturated heterocycles. The van der Waals surface area contributed by atoms with E-state index >= 15 is 0 Å². The third-order valence-corrected chi connectivity index (χ3v) is 2.82. The Bertz CT molecular complexity index is 514. The highest BCUT2D eigenvalue weighted by atomic mass is 16.6. The van der Waals surface area contributed by atoms with Gasteiger partial charge in [-0.15, -0.1) is 12.3 Å². The average molecular weight is 277 g/mol. The number of rotatable bonds is 8. The molecule has 0 fully saturated rings. The topological polar surface area (TPSA) is 77.2 Å². The van der Waals surface area contributed by atoms with E-state index in [1.54, 1.807) is 4.57 Å². The largest absolute Gasteiger partial charge is 0.351 e. The minimum absolute atomic E-state index is 0.0593. The summed E-state index contributed by atoms with van der Waals surface area (Å²) in [4.78, 5) is 22.3. The minimum atomic E-state index is -0.490. The lowest BCUT2D eigenvalue weighted by molar-refractivity contribution is -0.384. The van der Waals surface area contributed by atoms with Gasteiger partial charge in [0.05, 0.1) is 11.1 Å². The Morgan fingerprint density at radius 3 is 2.90 bits per heavy atom. The molecule has 1 N–H and O–H groups in total. The van der Waals surface area contributed by atoms with Crippen molar-refractivity contribution in [3.63, 3.8) is 0 Å². The highest BCUT2D eigenvalue weighted by molar-refractivity contribution is 5.93.